The van der Waals surface area contributed by atoms with Gasteiger partial charge in [-0.3, -0.25) is 19.7 Å². The van der Waals surface area contributed by atoms with Crippen LogP contribution in [0.5, 0.6) is 5.75 Å². The van der Waals surface area contributed by atoms with Crippen molar-refractivity contribution in [2.45, 2.75) is 6.92 Å². The fourth-order valence-electron chi connectivity index (χ4n) is 3.45. The summed E-state index contributed by atoms with van der Waals surface area (Å²) in [6.07, 6.45) is 0. The van der Waals surface area contributed by atoms with Crippen molar-refractivity contribution in [3.05, 3.63) is 110 Å². The molecule has 4 aromatic rings. The van der Waals surface area contributed by atoms with E-state index >= 15 is 0 Å². The molecule has 0 unspecified atom stereocenters. The number of ether oxygens (including phenoxy) is 1. The molecule has 0 aliphatic heterocycles. The third-order valence-electron chi connectivity index (χ3n) is 5.21. The van der Waals surface area contributed by atoms with Gasteiger partial charge in [-0.1, -0.05) is 30.3 Å². The lowest BCUT2D eigenvalue weighted by molar-refractivity contribution is -0.384. The molecule has 9 heteroatoms. The highest BCUT2D eigenvalue weighted by molar-refractivity contribution is 6.06. The molecule has 1 amide bonds. The monoisotopic (exact) mass is 456 g/mol. The van der Waals surface area contributed by atoms with E-state index in [-0.39, 0.29) is 33.8 Å². The molecule has 1 aromatic heterocycles. The molecule has 4 rings (SSSR count). The minimum atomic E-state index is -0.542. The van der Waals surface area contributed by atoms with E-state index in [0.717, 1.165) is 0 Å². The summed E-state index contributed by atoms with van der Waals surface area (Å²) in [5.74, 6) is 0.254. The minimum Gasteiger partial charge on any atom is -0.497 e. The lowest BCUT2D eigenvalue weighted by Crippen LogP contribution is -2.24. The summed E-state index contributed by atoms with van der Waals surface area (Å²) in [6.45, 7) is 1.61. The Morgan fingerprint density at radius 3 is 2.24 bits per heavy atom. The third-order valence-corrected chi connectivity index (χ3v) is 5.21. The molecule has 0 radical (unpaired) electrons. The van der Waals surface area contributed by atoms with Gasteiger partial charge in [0.15, 0.2) is 0 Å². The number of nitrogens with one attached hydrogen (secondary N) is 1. The zero-order chi connectivity index (χ0) is 24.2. The highest BCUT2D eigenvalue weighted by Gasteiger charge is 2.21. The number of anilines is 1. The molecule has 0 saturated carbocycles. The predicted octanol–water partition coefficient (Wildman–Crippen LogP) is 4.38. The molecule has 0 aliphatic rings. The number of hydrogen-bond acceptors (Lipinski definition) is 6. The molecule has 0 spiro atoms. The number of carbonyl (C=O) groups excluding carboxylic acids is 1. The minimum absolute atomic E-state index is 0.131. The summed E-state index contributed by atoms with van der Waals surface area (Å²) in [5.41, 5.74) is 1.44. The molecular formula is C25H20N4O5. The van der Waals surface area contributed by atoms with Crippen LogP contribution < -0.4 is 15.5 Å². The van der Waals surface area contributed by atoms with Crippen molar-refractivity contribution in [1.29, 1.82) is 0 Å². The van der Waals surface area contributed by atoms with Gasteiger partial charge >= 0.3 is 0 Å². The molecule has 3 aromatic carbocycles. The Morgan fingerprint density at radius 1 is 1.00 bits per heavy atom. The smallest absolute Gasteiger partial charge is 0.269 e. The molecular weight excluding hydrogens is 436 g/mol. The van der Waals surface area contributed by atoms with E-state index in [0.29, 0.717) is 17.0 Å². The molecule has 9 nitrogen and oxygen atoms in total. The van der Waals surface area contributed by atoms with Crippen LogP contribution in [0, 0.1) is 17.0 Å². The second kappa shape index (κ2) is 9.37. The number of non-ortho nitro benzene ring substituents is 1. The SMILES string of the molecule is COc1ccc(-c2c(NC(=O)c3ccc([N+](=O)[O-])cc3)n(-c3ccccc3)nc(C)c2=O)cc1. The van der Waals surface area contributed by atoms with E-state index in [2.05, 4.69) is 10.4 Å². The van der Waals surface area contributed by atoms with Gasteiger partial charge in [0.1, 0.15) is 17.3 Å². The van der Waals surface area contributed by atoms with Crippen LogP contribution in [-0.2, 0) is 0 Å². The van der Waals surface area contributed by atoms with E-state index in [1.54, 1.807) is 50.4 Å². The first-order valence-electron chi connectivity index (χ1n) is 10.3. The Hall–Kier alpha value is -4.79. The molecule has 0 saturated heterocycles. The van der Waals surface area contributed by atoms with Gasteiger partial charge < -0.3 is 10.1 Å². The number of amides is 1. The van der Waals surface area contributed by atoms with Gasteiger partial charge in [-0.2, -0.15) is 5.10 Å². The Bertz CT molecular complexity index is 1410. The molecule has 1 heterocycles. The van der Waals surface area contributed by atoms with Crippen molar-refractivity contribution in [2.24, 2.45) is 0 Å². The van der Waals surface area contributed by atoms with E-state index in [1.165, 1.54) is 28.9 Å². The second-order valence-corrected chi connectivity index (χ2v) is 7.37. The lowest BCUT2D eigenvalue weighted by Gasteiger charge is -2.18. The average Bonchev–Trinajstić information content (AvgIpc) is 2.87. The molecule has 0 fully saturated rings. The van der Waals surface area contributed by atoms with Crippen LogP contribution in [0.2, 0.25) is 0 Å². The van der Waals surface area contributed by atoms with Crippen LogP contribution in [0.15, 0.2) is 83.7 Å². The summed E-state index contributed by atoms with van der Waals surface area (Å²) in [5, 5.41) is 18.2. The number of benzene rings is 3. The van der Waals surface area contributed by atoms with Crippen molar-refractivity contribution < 1.29 is 14.5 Å². The number of nitro groups is 1. The third kappa shape index (κ3) is 4.40. The van der Waals surface area contributed by atoms with Crippen molar-refractivity contribution >= 4 is 17.4 Å². The van der Waals surface area contributed by atoms with Crippen LogP contribution in [0.25, 0.3) is 16.8 Å². The average molecular weight is 456 g/mol. The largest absolute Gasteiger partial charge is 0.497 e. The van der Waals surface area contributed by atoms with E-state index < -0.39 is 10.8 Å². The van der Waals surface area contributed by atoms with E-state index in [4.69, 9.17) is 4.74 Å². The number of rotatable bonds is 6. The summed E-state index contributed by atoms with van der Waals surface area (Å²) < 4.78 is 6.72. The van der Waals surface area contributed by atoms with Gasteiger partial charge in [0.05, 0.1) is 23.3 Å². The first-order chi connectivity index (χ1) is 16.4. The number of methoxy groups -OCH3 is 1. The normalized spacial score (nSPS) is 10.5. The second-order valence-electron chi connectivity index (χ2n) is 7.37. The summed E-state index contributed by atoms with van der Waals surface area (Å²) >= 11 is 0. The van der Waals surface area contributed by atoms with Crippen LogP contribution in [0.3, 0.4) is 0 Å². The summed E-state index contributed by atoms with van der Waals surface area (Å²) in [6, 6.07) is 21.2. The number of para-hydroxylation sites is 1. The van der Waals surface area contributed by atoms with Crippen molar-refractivity contribution in [1.82, 2.24) is 9.78 Å². The standard InChI is InChI=1S/C25H20N4O5/c1-16-23(30)22(17-10-14-21(34-2)15-11-17)24(28(27-16)19-6-4-3-5-7-19)26-25(31)18-8-12-20(13-9-18)29(32)33/h3-15H,1-2H3,(H,26,31). The van der Waals surface area contributed by atoms with Gasteiger partial charge in [-0.25, -0.2) is 4.68 Å². The number of aromatic nitrogens is 2. The highest BCUT2D eigenvalue weighted by Crippen LogP contribution is 2.29. The van der Waals surface area contributed by atoms with Crippen molar-refractivity contribution in [2.75, 3.05) is 12.4 Å². The number of carbonyl (C=O) groups is 1. The number of nitro benzene ring substituents is 1. The van der Waals surface area contributed by atoms with Gasteiger partial charge in [0, 0.05) is 17.7 Å². The molecule has 0 bridgehead atoms. The summed E-state index contributed by atoms with van der Waals surface area (Å²) in [4.78, 5) is 36.7. The highest BCUT2D eigenvalue weighted by atomic mass is 16.6. The fraction of sp³-hybridized carbons (Fsp3) is 0.0800. The van der Waals surface area contributed by atoms with Gasteiger partial charge in [0.2, 0.25) is 5.43 Å². The van der Waals surface area contributed by atoms with Gasteiger partial charge in [-0.05, 0) is 48.9 Å². The quantitative estimate of drug-likeness (QED) is 0.340. The fourth-order valence-corrected chi connectivity index (χ4v) is 3.45. The van der Waals surface area contributed by atoms with E-state index in [9.17, 15) is 19.7 Å². The molecule has 1 N–H and O–H groups in total. The molecule has 0 aliphatic carbocycles. The number of nitrogens with zero attached hydrogens (tertiary/aromatic N) is 3. The Labute approximate surface area is 194 Å². The maximum Gasteiger partial charge on any atom is 0.269 e. The van der Waals surface area contributed by atoms with Gasteiger partial charge in [0.25, 0.3) is 11.6 Å². The maximum absolute atomic E-state index is 13.2. The molecule has 170 valence electrons. The maximum atomic E-state index is 13.2. The Morgan fingerprint density at radius 2 is 1.65 bits per heavy atom. The van der Waals surface area contributed by atoms with Crippen LogP contribution in [-0.4, -0.2) is 27.7 Å². The number of aryl methyl sites for hydroxylation is 1. The molecule has 34 heavy (non-hydrogen) atoms. The zero-order valence-corrected chi connectivity index (χ0v) is 18.4. The summed E-state index contributed by atoms with van der Waals surface area (Å²) in [7, 11) is 1.55. The van der Waals surface area contributed by atoms with Crippen molar-refractivity contribution in [3.8, 4) is 22.6 Å². The topological polar surface area (TPSA) is 116 Å². The first-order valence-corrected chi connectivity index (χ1v) is 10.3. The zero-order valence-electron chi connectivity index (χ0n) is 18.4. The van der Waals surface area contributed by atoms with Crippen LogP contribution >= 0.6 is 0 Å². The molecule has 0 atom stereocenters. The lowest BCUT2D eigenvalue weighted by atomic mass is 10.0. The number of hydrogen-bond donors (Lipinski definition) is 1. The van der Waals surface area contributed by atoms with Gasteiger partial charge in [-0.15, -0.1) is 0 Å². The van der Waals surface area contributed by atoms with Crippen LogP contribution in [0.1, 0.15) is 16.1 Å². The van der Waals surface area contributed by atoms with E-state index in [1.807, 2.05) is 18.2 Å². The predicted molar refractivity (Wildman–Crippen MR) is 128 cm³/mol. The van der Waals surface area contributed by atoms with Crippen LogP contribution in [0.4, 0.5) is 11.5 Å². The first kappa shape index (κ1) is 22.4. The van der Waals surface area contributed by atoms with Crippen molar-refractivity contribution in [3.63, 3.8) is 0 Å². The Kier molecular flexibility index (Phi) is 6.18. The Balaban J connectivity index is 1.89.